The molecule has 0 unspecified atom stereocenters. The van der Waals surface area contributed by atoms with Gasteiger partial charge in [-0.25, -0.2) is 8.42 Å². The molecule has 9 heteroatoms. The van der Waals surface area contributed by atoms with Gasteiger partial charge in [-0.15, -0.1) is 0 Å². The normalized spacial score (nSPS) is 12.7. The van der Waals surface area contributed by atoms with Crippen molar-refractivity contribution in [1.82, 2.24) is 0 Å². The molecule has 1 amide bonds. The van der Waals surface area contributed by atoms with E-state index in [4.69, 9.17) is 21.1 Å². The number of ether oxygens (including phenoxy) is 2. The van der Waals surface area contributed by atoms with Crippen LogP contribution in [-0.4, -0.2) is 21.1 Å². The molecule has 4 rings (SSSR count). The van der Waals surface area contributed by atoms with E-state index in [2.05, 4.69) is 10.0 Å². The van der Waals surface area contributed by atoms with Crippen LogP contribution in [0.5, 0.6) is 11.5 Å². The molecule has 158 valence electrons. The van der Waals surface area contributed by atoms with E-state index in [0.29, 0.717) is 27.9 Å². The van der Waals surface area contributed by atoms with Gasteiger partial charge in [0.05, 0.1) is 10.6 Å². The van der Waals surface area contributed by atoms with Crippen molar-refractivity contribution in [3.63, 3.8) is 0 Å². The van der Waals surface area contributed by atoms with Crippen molar-refractivity contribution in [2.24, 2.45) is 0 Å². The van der Waals surface area contributed by atoms with Gasteiger partial charge in [-0.1, -0.05) is 23.7 Å². The number of fused-ring (bicyclic) bond motifs is 1. The highest BCUT2D eigenvalue weighted by molar-refractivity contribution is 7.92. The Labute approximate surface area is 184 Å². The first-order valence-electron chi connectivity index (χ1n) is 9.16. The minimum Gasteiger partial charge on any atom is -0.454 e. The van der Waals surface area contributed by atoms with Crippen LogP contribution in [0.3, 0.4) is 0 Å². The number of benzene rings is 3. The van der Waals surface area contributed by atoms with Gasteiger partial charge in [-0.2, -0.15) is 0 Å². The summed E-state index contributed by atoms with van der Waals surface area (Å²) in [6.45, 7) is 0.184. The van der Waals surface area contributed by atoms with Crippen molar-refractivity contribution in [3.8, 4) is 11.5 Å². The lowest BCUT2D eigenvalue weighted by Crippen LogP contribution is -2.13. The Morgan fingerprint density at radius 1 is 0.935 bits per heavy atom. The lowest BCUT2D eigenvalue weighted by atomic mass is 10.2. The highest BCUT2D eigenvalue weighted by Gasteiger charge is 2.15. The van der Waals surface area contributed by atoms with Gasteiger partial charge in [0, 0.05) is 16.8 Å². The second-order valence-corrected chi connectivity index (χ2v) is 8.69. The average Bonchev–Trinajstić information content (AvgIpc) is 3.20. The SMILES string of the molecule is O=C(/C=C/c1ccc2c(c1)OCO2)Nc1ccc(S(=O)(=O)Nc2cccc(Cl)c2)cc1. The zero-order chi connectivity index (χ0) is 21.8. The molecule has 0 fully saturated rings. The Bertz CT molecular complexity index is 1260. The highest BCUT2D eigenvalue weighted by Crippen LogP contribution is 2.32. The van der Waals surface area contributed by atoms with Crippen LogP contribution in [0.1, 0.15) is 5.56 Å². The summed E-state index contributed by atoms with van der Waals surface area (Å²) in [5.74, 6) is 0.942. The first-order chi connectivity index (χ1) is 14.9. The van der Waals surface area contributed by atoms with E-state index in [-0.39, 0.29) is 17.6 Å². The van der Waals surface area contributed by atoms with Gasteiger partial charge >= 0.3 is 0 Å². The fourth-order valence-electron chi connectivity index (χ4n) is 2.86. The van der Waals surface area contributed by atoms with Gasteiger partial charge in [-0.05, 0) is 66.2 Å². The number of anilines is 2. The molecule has 1 aliphatic rings. The van der Waals surface area contributed by atoms with Gasteiger partial charge < -0.3 is 14.8 Å². The molecule has 0 radical (unpaired) electrons. The van der Waals surface area contributed by atoms with Crippen molar-refractivity contribution in [2.45, 2.75) is 4.90 Å². The first-order valence-corrected chi connectivity index (χ1v) is 11.0. The van der Waals surface area contributed by atoms with Crippen LogP contribution in [-0.2, 0) is 14.8 Å². The van der Waals surface area contributed by atoms with Crippen LogP contribution in [0.15, 0.2) is 77.7 Å². The highest BCUT2D eigenvalue weighted by atomic mass is 35.5. The smallest absolute Gasteiger partial charge is 0.261 e. The standard InChI is InChI=1S/C22H17ClN2O5S/c23-16-2-1-3-18(13-16)25-31(27,28)19-8-6-17(7-9-19)24-22(26)11-5-15-4-10-20-21(12-15)30-14-29-20/h1-13,25H,14H2,(H,24,26)/b11-5+. The van der Waals surface area contributed by atoms with Crippen molar-refractivity contribution in [1.29, 1.82) is 0 Å². The van der Waals surface area contributed by atoms with Gasteiger partial charge in [0.25, 0.3) is 10.0 Å². The van der Waals surface area contributed by atoms with Crippen LogP contribution in [0.4, 0.5) is 11.4 Å². The molecule has 31 heavy (non-hydrogen) atoms. The first kappa shape index (κ1) is 20.8. The van der Waals surface area contributed by atoms with Gasteiger partial charge in [0.2, 0.25) is 12.7 Å². The molecule has 3 aromatic rings. The average molecular weight is 457 g/mol. The van der Waals surface area contributed by atoms with Gasteiger partial charge in [0.15, 0.2) is 11.5 Å². The number of amides is 1. The Morgan fingerprint density at radius 3 is 2.48 bits per heavy atom. The fraction of sp³-hybridized carbons (Fsp3) is 0.0455. The molecule has 0 spiro atoms. The van der Waals surface area contributed by atoms with Gasteiger partial charge in [-0.3, -0.25) is 9.52 Å². The Hall–Kier alpha value is -3.49. The Morgan fingerprint density at radius 2 is 1.71 bits per heavy atom. The van der Waals surface area contributed by atoms with Gasteiger partial charge in [0.1, 0.15) is 0 Å². The van der Waals surface area contributed by atoms with Crippen LogP contribution >= 0.6 is 11.6 Å². The van der Waals surface area contributed by atoms with Crippen molar-refractivity contribution in [2.75, 3.05) is 16.8 Å². The summed E-state index contributed by atoms with van der Waals surface area (Å²) in [6, 6.07) is 17.6. The van der Waals surface area contributed by atoms with E-state index >= 15 is 0 Å². The van der Waals surface area contributed by atoms with E-state index < -0.39 is 10.0 Å². The largest absolute Gasteiger partial charge is 0.454 e. The summed E-state index contributed by atoms with van der Waals surface area (Å²) in [4.78, 5) is 12.2. The maximum absolute atomic E-state index is 12.5. The molecule has 0 saturated carbocycles. The molecule has 0 aliphatic carbocycles. The van der Waals surface area contributed by atoms with E-state index in [9.17, 15) is 13.2 Å². The molecule has 3 aromatic carbocycles. The van der Waals surface area contributed by atoms with Crippen LogP contribution in [0, 0.1) is 0 Å². The molecule has 0 saturated heterocycles. The van der Waals surface area contributed by atoms with E-state index in [1.807, 2.05) is 6.07 Å². The third-order valence-electron chi connectivity index (χ3n) is 4.33. The summed E-state index contributed by atoms with van der Waals surface area (Å²) in [6.07, 6.45) is 3.02. The summed E-state index contributed by atoms with van der Waals surface area (Å²) < 4.78 is 38.0. The molecular formula is C22H17ClN2O5S. The number of hydrogen-bond donors (Lipinski definition) is 2. The maximum Gasteiger partial charge on any atom is 0.261 e. The van der Waals surface area contributed by atoms with E-state index in [1.165, 1.54) is 36.4 Å². The lowest BCUT2D eigenvalue weighted by Gasteiger charge is -2.09. The maximum atomic E-state index is 12.5. The molecule has 1 heterocycles. The van der Waals surface area contributed by atoms with Crippen molar-refractivity contribution in [3.05, 3.63) is 83.4 Å². The summed E-state index contributed by atoms with van der Waals surface area (Å²) in [7, 11) is -3.78. The minimum atomic E-state index is -3.78. The van der Waals surface area contributed by atoms with Crippen molar-refractivity contribution < 1.29 is 22.7 Å². The number of nitrogens with one attached hydrogen (secondary N) is 2. The Kier molecular flexibility index (Phi) is 5.83. The number of hydrogen-bond acceptors (Lipinski definition) is 5. The monoisotopic (exact) mass is 456 g/mol. The molecule has 1 aliphatic heterocycles. The predicted octanol–water partition coefficient (Wildman–Crippen LogP) is 4.52. The van der Waals surface area contributed by atoms with Crippen LogP contribution < -0.4 is 19.5 Å². The second kappa shape index (κ2) is 8.71. The van der Waals surface area contributed by atoms with E-state index in [0.717, 1.165) is 5.56 Å². The molecule has 0 bridgehead atoms. The number of rotatable bonds is 6. The molecular weight excluding hydrogens is 440 g/mol. The third kappa shape index (κ3) is 5.17. The zero-order valence-electron chi connectivity index (χ0n) is 16.0. The summed E-state index contributed by atoms with van der Waals surface area (Å²) in [5.41, 5.74) is 1.61. The summed E-state index contributed by atoms with van der Waals surface area (Å²) in [5, 5.41) is 3.11. The fourth-order valence-corrected chi connectivity index (χ4v) is 4.10. The molecule has 0 aromatic heterocycles. The van der Waals surface area contributed by atoms with Crippen LogP contribution in [0.2, 0.25) is 5.02 Å². The molecule has 7 nitrogen and oxygen atoms in total. The zero-order valence-corrected chi connectivity index (χ0v) is 17.6. The molecule has 2 N–H and O–H groups in total. The van der Waals surface area contributed by atoms with E-state index in [1.54, 1.807) is 36.4 Å². The summed E-state index contributed by atoms with van der Waals surface area (Å²) >= 11 is 5.89. The predicted molar refractivity (Wildman–Crippen MR) is 119 cm³/mol. The molecule has 0 atom stereocenters. The third-order valence-corrected chi connectivity index (χ3v) is 5.97. The number of halogens is 1. The van der Waals surface area contributed by atoms with Crippen LogP contribution in [0.25, 0.3) is 6.08 Å². The quantitative estimate of drug-likeness (QED) is 0.532. The number of carbonyl (C=O) groups is 1. The number of sulfonamides is 1. The van der Waals surface area contributed by atoms with Crippen molar-refractivity contribution >= 4 is 45.0 Å². The Balaban J connectivity index is 1.39. The minimum absolute atomic E-state index is 0.0568. The lowest BCUT2D eigenvalue weighted by molar-refractivity contribution is -0.111. The topological polar surface area (TPSA) is 93.7 Å². The second-order valence-electron chi connectivity index (χ2n) is 6.58. The number of carbonyl (C=O) groups excluding carboxylic acids is 1.